The number of piperidine rings is 1. The Bertz CT molecular complexity index is 1290. The smallest absolute Gasteiger partial charge is 0.404 e. The van der Waals surface area contributed by atoms with Gasteiger partial charge in [-0.15, -0.1) is 0 Å². The minimum Gasteiger partial charge on any atom is -0.465 e. The molecule has 3 heterocycles. The summed E-state index contributed by atoms with van der Waals surface area (Å²) in [5.41, 5.74) is 3.72. The maximum atomic E-state index is 9.26. The Morgan fingerprint density at radius 2 is 1.67 bits per heavy atom. The summed E-state index contributed by atoms with van der Waals surface area (Å²) in [5, 5.41) is 18.6. The molecule has 3 aromatic rings. The average Bonchev–Trinajstić information content (AvgIpc) is 3.74. The first-order valence-electron chi connectivity index (χ1n) is 15.4. The predicted molar refractivity (Wildman–Crippen MR) is 165 cm³/mol. The second kappa shape index (κ2) is 13.9. The number of nitrogens with zero attached hydrogens (tertiary/aromatic N) is 5. The van der Waals surface area contributed by atoms with Crippen LogP contribution < -0.4 is 10.2 Å². The van der Waals surface area contributed by atoms with E-state index in [1.54, 1.807) is 5.56 Å². The molecule has 42 heavy (non-hydrogen) atoms. The molecule has 0 radical (unpaired) electrons. The molecule has 1 amide bonds. The van der Waals surface area contributed by atoms with Gasteiger partial charge in [0, 0.05) is 62.6 Å². The monoisotopic (exact) mass is 568 g/mol. The largest absolute Gasteiger partial charge is 0.465 e. The van der Waals surface area contributed by atoms with Gasteiger partial charge in [-0.05, 0) is 80.4 Å². The number of aromatic nitrogens is 2. The molecular weight excluding hydrogens is 524 g/mol. The van der Waals surface area contributed by atoms with E-state index in [1.807, 2.05) is 30.0 Å². The van der Waals surface area contributed by atoms with Crippen molar-refractivity contribution in [2.24, 2.45) is 17.8 Å². The average molecular weight is 569 g/mol. The molecule has 1 atom stereocenters. The first kappa shape index (κ1) is 29.7. The van der Waals surface area contributed by atoms with Crippen molar-refractivity contribution in [3.05, 3.63) is 84.4 Å². The van der Waals surface area contributed by atoms with Gasteiger partial charge in [0.25, 0.3) is 0 Å². The summed E-state index contributed by atoms with van der Waals surface area (Å²) in [4.78, 5) is 18.8. The molecule has 2 saturated heterocycles. The van der Waals surface area contributed by atoms with E-state index in [2.05, 4.69) is 74.1 Å². The van der Waals surface area contributed by atoms with E-state index in [-0.39, 0.29) is 5.41 Å². The summed E-state index contributed by atoms with van der Waals surface area (Å²) in [6.07, 6.45) is 13.2. The molecule has 2 N–H and O–H groups in total. The Balaban J connectivity index is 0.000000652. The number of imidazole rings is 1. The lowest BCUT2D eigenvalue weighted by atomic mass is 9.59. The van der Waals surface area contributed by atoms with Gasteiger partial charge in [-0.25, -0.2) is 9.78 Å². The topological polar surface area (TPSA) is 97.4 Å². The first-order chi connectivity index (χ1) is 20.5. The van der Waals surface area contributed by atoms with Gasteiger partial charge in [-0.2, -0.15) is 5.26 Å². The zero-order valence-corrected chi connectivity index (χ0v) is 24.7. The quantitative estimate of drug-likeness (QED) is 0.366. The Morgan fingerprint density at radius 3 is 2.24 bits per heavy atom. The van der Waals surface area contributed by atoms with Gasteiger partial charge in [0.2, 0.25) is 0 Å². The van der Waals surface area contributed by atoms with Crippen LogP contribution in [0.4, 0.5) is 10.5 Å². The Kier molecular flexibility index (Phi) is 9.81. The van der Waals surface area contributed by atoms with Gasteiger partial charge in [0.1, 0.15) is 0 Å². The van der Waals surface area contributed by atoms with Crippen molar-refractivity contribution in [2.75, 3.05) is 44.7 Å². The van der Waals surface area contributed by atoms with Crippen molar-refractivity contribution in [3.8, 4) is 6.07 Å². The molecule has 2 aliphatic heterocycles. The highest BCUT2D eigenvalue weighted by Gasteiger charge is 2.48. The molecule has 3 aliphatic rings. The summed E-state index contributed by atoms with van der Waals surface area (Å²) >= 11 is 0. The number of nitrogens with one attached hydrogen (secondary N) is 1. The van der Waals surface area contributed by atoms with E-state index in [4.69, 9.17) is 10.4 Å². The molecule has 222 valence electrons. The van der Waals surface area contributed by atoms with Crippen molar-refractivity contribution in [1.82, 2.24) is 19.8 Å². The third-order valence-electron chi connectivity index (χ3n) is 9.76. The van der Waals surface area contributed by atoms with Gasteiger partial charge in [0.15, 0.2) is 0 Å². The van der Waals surface area contributed by atoms with Crippen molar-refractivity contribution in [3.63, 3.8) is 0 Å². The molecule has 3 fully saturated rings. The van der Waals surface area contributed by atoms with Crippen molar-refractivity contribution in [1.29, 1.82) is 5.26 Å². The molecule has 8 heteroatoms. The zero-order valence-electron chi connectivity index (χ0n) is 24.7. The number of carbonyl (C=O) groups is 1. The fourth-order valence-electron chi connectivity index (χ4n) is 7.66. The maximum absolute atomic E-state index is 9.26. The third-order valence-corrected chi connectivity index (χ3v) is 9.76. The normalized spacial score (nSPS) is 19.7. The molecule has 8 nitrogen and oxygen atoms in total. The molecule has 2 aromatic carbocycles. The molecule has 1 aliphatic carbocycles. The number of amides is 1. The van der Waals surface area contributed by atoms with Crippen LogP contribution in [0.15, 0.2) is 73.3 Å². The van der Waals surface area contributed by atoms with Gasteiger partial charge in [0.05, 0.1) is 18.0 Å². The van der Waals surface area contributed by atoms with E-state index >= 15 is 0 Å². The fraction of sp³-hybridized carbons (Fsp3) is 0.500. The lowest BCUT2D eigenvalue weighted by Crippen LogP contribution is -2.54. The number of hydrogen-bond acceptors (Lipinski definition) is 5. The Labute approximate surface area is 250 Å². The Morgan fingerprint density at radius 1 is 1.02 bits per heavy atom. The third kappa shape index (κ3) is 6.79. The number of rotatable bonds is 8. The second-order valence-electron chi connectivity index (χ2n) is 12.2. The zero-order chi connectivity index (χ0) is 29.4. The van der Waals surface area contributed by atoms with E-state index in [0.717, 1.165) is 37.0 Å². The summed E-state index contributed by atoms with van der Waals surface area (Å²) in [5.74, 6) is 2.20. The summed E-state index contributed by atoms with van der Waals surface area (Å²) in [6, 6.07) is 21.7. The highest BCUT2D eigenvalue weighted by atomic mass is 16.4. The number of benzene rings is 2. The van der Waals surface area contributed by atoms with Crippen LogP contribution in [0.1, 0.15) is 49.7 Å². The van der Waals surface area contributed by atoms with E-state index in [9.17, 15) is 4.79 Å². The van der Waals surface area contributed by atoms with Gasteiger partial charge in [-0.3, -0.25) is 0 Å². The first-order valence-corrected chi connectivity index (χ1v) is 15.4. The van der Waals surface area contributed by atoms with E-state index in [1.165, 1.54) is 70.9 Å². The van der Waals surface area contributed by atoms with E-state index in [0.29, 0.717) is 5.92 Å². The molecule has 1 unspecified atom stereocenters. The Hall–Kier alpha value is -3.83. The minimum atomic E-state index is -0.995. The molecule has 1 aromatic heterocycles. The number of likely N-dealkylation sites (tertiary alicyclic amines) is 1. The SMILES string of the molecule is CNC(=O)O.N#Cc1ccc(N2CC(CN3CCC(C(Cn4ccnc4)(c4ccccc4)C4CCCC4)CC3)C2)cc1. The van der Waals surface area contributed by atoms with Crippen LogP contribution in [0, 0.1) is 29.1 Å². The van der Waals surface area contributed by atoms with Gasteiger partial charge >= 0.3 is 6.09 Å². The lowest BCUT2D eigenvalue weighted by Gasteiger charge is -2.50. The molecule has 0 spiro atoms. The van der Waals surface area contributed by atoms with Gasteiger partial charge in [-0.1, -0.05) is 43.2 Å². The van der Waals surface area contributed by atoms with Crippen LogP contribution in [0.2, 0.25) is 0 Å². The van der Waals surface area contributed by atoms with Crippen molar-refractivity contribution >= 4 is 11.8 Å². The van der Waals surface area contributed by atoms with E-state index < -0.39 is 6.09 Å². The van der Waals surface area contributed by atoms with Crippen LogP contribution in [0.5, 0.6) is 0 Å². The molecule has 6 rings (SSSR count). The fourth-order valence-corrected chi connectivity index (χ4v) is 7.66. The summed E-state index contributed by atoms with van der Waals surface area (Å²) in [7, 11) is 1.35. The molecule has 0 bridgehead atoms. The summed E-state index contributed by atoms with van der Waals surface area (Å²) < 4.78 is 2.35. The number of hydrogen-bond donors (Lipinski definition) is 2. The standard InChI is InChI=1S/C32H39N5.C2H5NO2/c33-20-26-10-12-31(13-11-26)37-22-27(23-37)21-35-17-14-30(15-18-35)32(29-8-4-5-9-29,24-36-19-16-34-25-36)28-6-2-1-3-7-28;1-3-2(4)5/h1-3,6-7,10-13,16,19,25,27,29-30H,4-5,8-9,14-15,17-18,21-24H2;3H,1H3,(H,4,5). The highest BCUT2D eigenvalue weighted by molar-refractivity contribution is 5.63. The van der Waals surface area contributed by atoms with Crippen LogP contribution in [0.25, 0.3) is 0 Å². The second-order valence-corrected chi connectivity index (χ2v) is 12.2. The summed E-state index contributed by atoms with van der Waals surface area (Å²) in [6.45, 7) is 6.94. The number of anilines is 1. The molecule has 1 saturated carbocycles. The number of carboxylic acid groups (broad SMARTS) is 1. The van der Waals surface area contributed by atoms with Crippen molar-refractivity contribution < 1.29 is 9.90 Å². The van der Waals surface area contributed by atoms with Crippen LogP contribution in [-0.4, -0.2) is 65.4 Å². The van der Waals surface area contributed by atoms with Gasteiger partial charge < -0.3 is 24.8 Å². The lowest BCUT2D eigenvalue weighted by molar-refractivity contribution is 0.0646. The predicted octanol–water partition coefficient (Wildman–Crippen LogP) is 5.62. The van der Waals surface area contributed by atoms with Crippen LogP contribution >= 0.6 is 0 Å². The number of nitriles is 1. The maximum Gasteiger partial charge on any atom is 0.404 e. The van der Waals surface area contributed by atoms with Crippen LogP contribution in [-0.2, 0) is 12.0 Å². The van der Waals surface area contributed by atoms with Crippen molar-refractivity contribution in [2.45, 2.75) is 50.5 Å². The minimum absolute atomic E-state index is 0.188. The van der Waals surface area contributed by atoms with Crippen LogP contribution in [0.3, 0.4) is 0 Å². The highest BCUT2D eigenvalue weighted by Crippen LogP contribution is 2.51. The molecular formula is C34H44N6O2.